The number of anilines is 1. The highest BCUT2D eigenvalue weighted by atomic mass is 16.1. The molecule has 26 heavy (non-hydrogen) atoms. The smallest absolute Gasteiger partial charge is 0.255 e. The van der Waals surface area contributed by atoms with Gasteiger partial charge in [0, 0.05) is 36.0 Å². The molecule has 0 radical (unpaired) electrons. The van der Waals surface area contributed by atoms with Crippen LogP contribution >= 0.6 is 0 Å². The number of nitrogens with one attached hydrogen (secondary N) is 1. The topological polar surface area (TPSA) is 77.6 Å². The van der Waals surface area contributed by atoms with Gasteiger partial charge >= 0.3 is 0 Å². The van der Waals surface area contributed by atoms with Crippen molar-refractivity contribution < 1.29 is 4.79 Å². The number of aryl methyl sites for hydroxylation is 1. The molecule has 4 aromatic rings. The first kappa shape index (κ1) is 15.8. The number of nitrogens with zero attached hydrogens (tertiary/aromatic N) is 5. The molecule has 0 aliphatic rings. The number of aromatic nitrogens is 5. The normalized spacial score (nSPS) is 10.7. The van der Waals surface area contributed by atoms with Crippen molar-refractivity contribution in [3.8, 4) is 11.6 Å². The monoisotopic (exact) mass is 344 g/mol. The Bertz CT molecular complexity index is 1020. The van der Waals surface area contributed by atoms with Crippen molar-refractivity contribution >= 4 is 11.6 Å². The highest BCUT2D eigenvalue weighted by Crippen LogP contribution is 2.13. The highest BCUT2D eigenvalue weighted by Gasteiger charge is 2.08. The lowest BCUT2D eigenvalue weighted by Gasteiger charge is -2.08. The molecular formula is C19H16N6O. The van der Waals surface area contributed by atoms with Gasteiger partial charge in [0.2, 0.25) is 5.95 Å². The predicted molar refractivity (Wildman–Crippen MR) is 97.6 cm³/mol. The Hall–Kier alpha value is -3.74. The highest BCUT2D eigenvalue weighted by molar-refractivity contribution is 6.04. The molecule has 3 heterocycles. The summed E-state index contributed by atoms with van der Waals surface area (Å²) < 4.78 is 3.75. The van der Waals surface area contributed by atoms with Crippen molar-refractivity contribution in [1.29, 1.82) is 0 Å². The second-order valence-corrected chi connectivity index (χ2v) is 5.71. The van der Waals surface area contributed by atoms with Gasteiger partial charge in [0.25, 0.3) is 5.91 Å². The van der Waals surface area contributed by atoms with Gasteiger partial charge in [0.1, 0.15) is 5.82 Å². The van der Waals surface area contributed by atoms with Crippen LogP contribution in [0.5, 0.6) is 0 Å². The van der Waals surface area contributed by atoms with Gasteiger partial charge in [-0.1, -0.05) is 0 Å². The van der Waals surface area contributed by atoms with E-state index in [0.717, 1.165) is 11.5 Å². The van der Waals surface area contributed by atoms with Crippen LogP contribution in [0.2, 0.25) is 0 Å². The SMILES string of the molecule is Cc1nccn1-c1ncc(NC(=O)c2ccc(-n3cccc3)cc2)cn1. The van der Waals surface area contributed by atoms with E-state index in [0.29, 0.717) is 17.2 Å². The predicted octanol–water partition coefficient (Wildman–Crippen LogP) is 3.01. The molecule has 1 amide bonds. The van der Waals surface area contributed by atoms with Crippen LogP contribution in [0.1, 0.15) is 16.2 Å². The summed E-state index contributed by atoms with van der Waals surface area (Å²) in [4.78, 5) is 25.1. The number of carbonyl (C=O) groups is 1. The average molecular weight is 344 g/mol. The molecule has 0 atom stereocenters. The van der Waals surface area contributed by atoms with Crippen LogP contribution < -0.4 is 5.32 Å². The van der Waals surface area contributed by atoms with E-state index in [-0.39, 0.29) is 5.91 Å². The van der Waals surface area contributed by atoms with E-state index in [9.17, 15) is 4.79 Å². The fourth-order valence-electron chi connectivity index (χ4n) is 2.59. The number of carbonyl (C=O) groups excluding carboxylic acids is 1. The van der Waals surface area contributed by atoms with E-state index in [1.165, 1.54) is 0 Å². The van der Waals surface area contributed by atoms with Gasteiger partial charge in [-0.15, -0.1) is 0 Å². The molecule has 0 fully saturated rings. The molecular weight excluding hydrogens is 328 g/mol. The Balaban J connectivity index is 1.47. The van der Waals surface area contributed by atoms with Crippen LogP contribution in [0, 0.1) is 6.92 Å². The minimum absolute atomic E-state index is 0.209. The molecule has 0 bridgehead atoms. The summed E-state index contributed by atoms with van der Waals surface area (Å²) >= 11 is 0. The molecule has 0 saturated carbocycles. The largest absolute Gasteiger partial charge is 0.324 e. The molecule has 7 heteroatoms. The van der Waals surface area contributed by atoms with Gasteiger partial charge < -0.3 is 9.88 Å². The first-order chi connectivity index (χ1) is 12.7. The van der Waals surface area contributed by atoms with Gasteiger partial charge in [-0.05, 0) is 43.3 Å². The number of rotatable bonds is 4. The van der Waals surface area contributed by atoms with Crippen LogP contribution in [0.4, 0.5) is 5.69 Å². The fraction of sp³-hybridized carbons (Fsp3) is 0.0526. The molecule has 3 aromatic heterocycles. The van der Waals surface area contributed by atoms with Crippen molar-refractivity contribution in [2.75, 3.05) is 5.32 Å². The Kier molecular flexibility index (Phi) is 4.03. The third kappa shape index (κ3) is 3.10. The summed E-state index contributed by atoms with van der Waals surface area (Å²) in [5, 5.41) is 2.80. The van der Waals surface area contributed by atoms with Crippen molar-refractivity contribution in [2.24, 2.45) is 0 Å². The van der Waals surface area contributed by atoms with E-state index >= 15 is 0 Å². The van der Waals surface area contributed by atoms with E-state index in [1.807, 2.05) is 48.1 Å². The lowest BCUT2D eigenvalue weighted by molar-refractivity contribution is 0.102. The average Bonchev–Trinajstić information content (AvgIpc) is 3.34. The Morgan fingerprint density at radius 3 is 2.27 bits per heavy atom. The summed E-state index contributed by atoms with van der Waals surface area (Å²) in [6.07, 6.45) is 10.5. The Labute approximate surface area is 150 Å². The molecule has 1 N–H and O–H groups in total. The fourth-order valence-corrected chi connectivity index (χ4v) is 2.59. The van der Waals surface area contributed by atoms with Crippen molar-refractivity contribution in [3.05, 3.63) is 85.0 Å². The van der Waals surface area contributed by atoms with Crippen LogP contribution in [0.15, 0.2) is 73.6 Å². The summed E-state index contributed by atoms with van der Waals surface area (Å²) in [7, 11) is 0. The maximum absolute atomic E-state index is 12.4. The van der Waals surface area contributed by atoms with Crippen molar-refractivity contribution in [3.63, 3.8) is 0 Å². The molecule has 128 valence electrons. The van der Waals surface area contributed by atoms with Gasteiger partial charge in [-0.25, -0.2) is 15.0 Å². The summed E-state index contributed by atoms with van der Waals surface area (Å²) in [5.41, 5.74) is 2.09. The van der Waals surface area contributed by atoms with Crippen LogP contribution in [0.3, 0.4) is 0 Å². The van der Waals surface area contributed by atoms with E-state index in [1.54, 1.807) is 41.5 Å². The summed E-state index contributed by atoms with van der Waals surface area (Å²) in [6, 6.07) is 11.3. The quantitative estimate of drug-likeness (QED) is 0.617. The molecule has 1 aromatic carbocycles. The standard InChI is InChI=1S/C19H16N6O/c1-14-20-8-11-25(14)19-21-12-16(13-22-19)23-18(26)15-4-6-17(7-5-15)24-9-2-3-10-24/h2-13H,1H3,(H,23,26). The first-order valence-electron chi connectivity index (χ1n) is 8.08. The minimum atomic E-state index is -0.209. The minimum Gasteiger partial charge on any atom is -0.324 e. The zero-order chi connectivity index (χ0) is 17.9. The number of hydrogen-bond donors (Lipinski definition) is 1. The van der Waals surface area contributed by atoms with Crippen LogP contribution in [0.25, 0.3) is 11.6 Å². The molecule has 0 aliphatic heterocycles. The lowest BCUT2D eigenvalue weighted by atomic mass is 10.2. The number of benzene rings is 1. The summed E-state index contributed by atoms with van der Waals surface area (Å²) in [5.74, 6) is 1.10. The lowest BCUT2D eigenvalue weighted by Crippen LogP contribution is -2.13. The van der Waals surface area contributed by atoms with Crippen molar-refractivity contribution in [1.82, 2.24) is 24.1 Å². The molecule has 0 unspecified atom stereocenters. The number of hydrogen-bond acceptors (Lipinski definition) is 4. The Morgan fingerprint density at radius 2 is 1.65 bits per heavy atom. The molecule has 4 rings (SSSR count). The number of imidazole rings is 1. The molecule has 7 nitrogen and oxygen atoms in total. The molecule has 0 saturated heterocycles. The van der Waals surface area contributed by atoms with Gasteiger partial charge in [0.15, 0.2) is 0 Å². The second-order valence-electron chi connectivity index (χ2n) is 5.71. The van der Waals surface area contributed by atoms with E-state index < -0.39 is 0 Å². The third-order valence-corrected chi connectivity index (χ3v) is 3.97. The maximum atomic E-state index is 12.4. The zero-order valence-electron chi connectivity index (χ0n) is 14.1. The van der Waals surface area contributed by atoms with Crippen LogP contribution in [-0.2, 0) is 0 Å². The van der Waals surface area contributed by atoms with E-state index in [4.69, 9.17) is 0 Å². The zero-order valence-corrected chi connectivity index (χ0v) is 14.1. The van der Waals surface area contributed by atoms with E-state index in [2.05, 4.69) is 20.3 Å². The molecule has 0 aliphatic carbocycles. The first-order valence-corrected chi connectivity index (χ1v) is 8.08. The molecule has 0 spiro atoms. The van der Waals surface area contributed by atoms with Crippen molar-refractivity contribution in [2.45, 2.75) is 6.92 Å². The Morgan fingerprint density at radius 1 is 0.962 bits per heavy atom. The van der Waals surface area contributed by atoms with Crippen LogP contribution in [-0.4, -0.2) is 30.0 Å². The van der Waals surface area contributed by atoms with Gasteiger partial charge in [-0.2, -0.15) is 0 Å². The third-order valence-electron chi connectivity index (χ3n) is 3.97. The number of amides is 1. The van der Waals surface area contributed by atoms with Gasteiger partial charge in [0.05, 0.1) is 18.1 Å². The van der Waals surface area contributed by atoms with Gasteiger partial charge in [-0.3, -0.25) is 9.36 Å². The summed E-state index contributed by atoms with van der Waals surface area (Å²) in [6.45, 7) is 1.87. The second kappa shape index (κ2) is 6.64. The maximum Gasteiger partial charge on any atom is 0.255 e.